The number of amidine groups is 1. The summed E-state index contributed by atoms with van der Waals surface area (Å²) in [5.41, 5.74) is 11.0. The maximum Gasteiger partial charge on any atom is 2.00 e. The molecule has 1 saturated carbocycles. The van der Waals surface area contributed by atoms with E-state index in [2.05, 4.69) is 148 Å². The number of benzene rings is 4. The van der Waals surface area contributed by atoms with Gasteiger partial charge in [-0.1, -0.05) is 87.5 Å². The number of aliphatic imine (C=N–C) groups is 1. The third-order valence-corrected chi connectivity index (χ3v) is 11.7. The SMILES string of the molecule is Cc1cc(C2=N[C@H](C(C)(C)C)C(C)(C)N2C2CCCCC2)[c-]c(-n2c3[c-]c(-n4c5ccc(C)cc5c5cccnc54)ccc3c3cc(C)ccc32)c1.[Pt+2]. The molecule has 1 aliphatic heterocycles. The number of aromatic nitrogens is 3. The predicted molar refractivity (Wildman–Crippen MR) is 217 cm³/mol. The molecule has 6 heteroatoms. The minimum absolute atomic E-state index is 0. The number of aryl methyl sites for hydroxylation is 3. The number of hydrogen-bond donors (Lipinski definition) is 0. The molecule has 5 nitrogen and oxygen atoms in total. The van der Waals surface area contributed by atoms with Gasteiger partial charge in [0.05, 0.1) is 11.6 Å². The van der Waals surface area contributed by atoms with Crippen molar-refractivity contribution in [3.05, 3.63) is 113 Å². The van der Waals surface area contributed by atoms with Crippen LogP contribution in [-0.4, -0.2) is 42.5 Å². The van der Waals surface area contributed by atoms with E-state index in [0.29, 0.717) is 6.04 Å². The molecule has 0 N–H and O–H groups in total. The molecule has 1 atom stereocenters. The average Bonchev–Trinajstić information content (AvgIpc) is 3.72. The van der Waals surface area contributed by atoms with Gasteiger partial charge in [-0.15, -0.1) is 46.8 Å². The van der Waals surface area contributed by atoms with Gasteiger partial charge < -0.3 is 19.0 Å². The number of nitrogens with zero attached hydrogens (tertiary/aromatic N) is 5. The summed E-state index contributed by atoms with van der Waals surface area (Å²) in [6, 6.07) is 35.3. The molecule has 0 amide bonds. The molecule has 0 spiro atoms. The van der Waals surface area contributed by atoms with E-state index in [9.17, 15) is 0 Å². The first-order valence-electron chi connectivity index (χ1n) is 19.2. The van der Waals surface area contributed by atoms with Crippen molar-refractivity contribution in [1.82, 2.24) is 19.0 Å². The summed E-state index contributed by atoms with van der Waals surface area (Å²) in [5, 5.41) is 4.76. The van der Waals surface area contributed by atoms with Crippen LogP contribution in [0.4, 0.5) is 0 Å². The van der Waals surface area contributed by atoms with E-state index in [1.54, 1.807) is 0 Å². The van der Waals surface area contributed by atoms with Crippen LogP contribution < -0.4 is 0 Å². The van der Waals surface area contributed by atoms with Gasteiger partial charge in [-0.3, -0.25) is 0 Å². The van der Waals surface area contributed by atoms with Gasteiger partial charge in [0.2, 0.25) is 0 Å². The molecule has 0 unspecified atom stereocenters. The molecule has 4 heterocycles. The molecule has 1 aliphatic carbocycles. The zero-order valence-electron chi connectivity index (χ0n) is 32.2. The molecule has 9 rings (SSSR count). The predicted octanol–water partition coefficient (Wildman–Crippen LogP) is 11.4. The van der Waals surface area contributed by atoms with E-state index >= 15 is 0 Å². The van der Waals surface area contributed by atoms with Crippen LogP contribution in [0.5, 0.6) is 0 Å². The van der Waals surface area contributed by atoms with Crippen molar-refractivity contribution >= 4 is 49.6 Å². The Morgan fingerprint density at radius 3 is 2.08 bits per heavy atom. The molecule has 272 valence electrons. The Hall–Kier alpha value is -4.21. The normalized spacial score (nSPS) is 18.0. The number of hydrogen-bond acceptors (Lipinski definition) is 3. The van der Waals surface area contributed by atoms with E-state index in [-0.39, 0.29) is 38.1 Å². The van der Waals surface area contributed by atoms with Crippen molar-refractivity contribution in [2.45, 2.75) is 105 Å². The Bertz CT molecular complexity index is 2570. The minimum Gasteiger partial charge on any atom is -0.386 e. The van der Waals surface area contributed by atoms with Crippen LogP contribution in [0, 0.1) is 38.3 Å². The van der Waals surface area contributed by atoms with Gasteiger partial charge in [-0.2, -0.15) is 6.07 Å². The van der Waals surface area contributed by atoms with Crippen molar-refractivity contribution in [2.24, 2.45) is 10.4 Å². The van der Waals surface area contributed by atoms with Gasteiger partial charge >= 0.3 is 21.1 Å². The van der Waals surface area contributed by atoms with E-state index in [4.69, 9.17) is 9.98 Å². The first kappa shape index (κ1) is 35.8. The Balaban J connectivity index is 0.00000400. The largest absolute Gasteiger partial charge is 2.00 e. The van der Waals surface area contributed by atoms with Crippen LogP contribution in [0.25, 0.3) is 55.1 Å². The summed E-state index contributed by atoms with van der Waals surface area (Å²) >= 11 is 0. The topological polar surface area (TPSA) is 38.4 Å². The number of fused-ring (bicyclic) bond motifs is 6. The third-order valence-electron chi connectivity index (χ3n) is 11.7. The molecular formula is C47H49N5Pt. The average molecular weight is 879 g/mol. The quantitative estimate of drug-likeness (QED) is 0.165. The van der Waals surface area contributed by atoms with Gasteiger partial charge in [0.15, 0.2) is 0 Å². The molecule has 53 heavy (non-hydrogen) atoms. The first-order valence-corrected chi connectivity index (χ1v) is 19.2. The summed E-state index contributed by atoms with van der Waals surface area (Å²) in [7, 11) is 0. The van der Waals surface area contributed by atoms with Crippen LogP contribution in [0.15, 0.2) is 84.0 Å². The van der Waals surface area contributed by atoms with Crippen LogP contribution in [0.3, 0.4) is 0 Å². The van der Waals surface area contributed by atoms with Crippen molar-refractivity contribution in [2.75, 3.05) is 0 Å². The van der Waals surface area contributed by atoms with Crippen molar-refractivity contribution in [3.63, 3.8) is 0 Å². The second-order valence-corrected chi connectivity index (χ2v) is 17.2. The second-order valence-electron chi connectivity index (χ2n) is 17.2. The summed E-state index contributed by atoms with van der Waals surface area (Å²) in [6.07, 6.45) is 8.23. The summed E-state index contributed by atoms with van der Waals surface area (Å²) in [4.78, 5) is 13.2. The zero-order valence-corrected chi connectivity index (χ0v) is 34.5. The molecule has 0 bridgehead atoms. The fraction of sp³-hybridized carbons (Fsp3) is 0.362. The maximum atomic E-state index is 5.63. The van der Waals surface area contributed by atoms with Crippen molar-refractivity contribution in [1.29, 1.82) is 0 Å². The monoisotopic (exact) mass is 878 g/mol. The molecule has 0 radical (unpaired) electrons. The summed E-state index contributed by atoms with van der Waals surface area (Å²) in [6.45, 7) is 18.4. The van der Waals surface area contributed by atoms with E-state index in [1.165, 1.54) is 65.0 Å². The van der Waals surface area contributed by atoms with E-state index < -0.39 is 0 Å². The fourth-order valence-corrected chi connectivity index (χ4v) is 9.75. The Morgan fingerprint density at radius 1 is 0.698 bits per heavy atom. The Labute approximate surface area is 328 Å². The minimum atomic E-state index is -0.102. The molecule has 0 saturated heterocycles. The van der Waals surface area contributed by atoms with Crippen molar-refractivity contribution in [3.8, 4) is 11.4 Å². The summed E-state index contributed by atoms with van der Waals surface area (Å²) in [5.74, 6) is 1.11. The smallest absolute Gasteiger partial charge is 0.386 e. The van der Waals surface area contributed by atoms with Crippen LogP contribution in [0.1, 0.15) is 89.0 Å². The fourth-order valence-electron chi connectivity index (χ4n) is 9.75. The van der Waals surface area contributed by atoms with Crippen molar-refractivity contribution < 1.29 is 21.1 Å². The van der Waals surface area contributed by atoms with E-state index in [0.717, 1.165) is 50.4 Å². The van der Waals surface area contributed by atoms with Gasteiger partial charge in [0, 0.05) is 39.9 Å². The first-order chi connectivity index (χ1) is 24.9. The standard InChI is InChI=1S/C47H49N5.Pt/c1-29-16-20-40-38(25-29)36-19-18-34(51-41-21-17-30(2)26-39(41)37-15-12-22-48-44(37)51)28-42(36)50(40)35-24-31(3)23-32(27-35)43-49-45(46(4,5)6)47(7,8)52(43)33-13-10-9-11-14-33;/h12,15-26,33,45H,9-11,13-14H2,1-8H3;/q-2;+2/t45-;/m1./s1. The van der Waals surface area contributed by atoms with Gasteiger partial charge in [0.25, 0.3) is 0 Å². The summed E-state index contributed by atoms with van der Waals surface area (Å²) < 4.78 is 4.65. The maximum absolute atomic E-state index is 5.63. The number of pyridine rings is 1. The van der Waals surface area contributed by atoms with Crippen LogP contribution in [-0.2, 0) is 21.1 Å². The van der Waals surface area contributed by atoms with Gasteiger partial charge in [0.1, 0.15) is 5.65 Å². The Kier molecular flexibility index (Phi) is 8.77. The van der Waals surface area contributed by atoms with Crippen LogP contribution >= 0.6 is 0 Å². The molecule has 7 aromatic rings. The molecule has 2 aliphatic rings. The van der Waals surface area contributed by atoms with Gasteiger partial charge in [-0.05, 0) is 87.4 Å². The van der Waals surface area contributed by atoms with Crippen LogP contribution in [0.2, 0.25) is 0 Å². The number of rotatable bonds is 4. The Morgan fingerprint density at radius 2 is 1.38 bits per heavy atom. The molecule has 3 aromatic heterocycles. The molecular weight excluding hydrogens is 830 g/mol. The third kappa shape index (κ3) is 5.77. The zero-order chi connectivity index (χ0) is 36.1. The second kappa shape index (κ2) is 13.0. The molecule has 1 fully saturated rings. The van der Waals surface area contributed by atoms with E-state index in [1.807, 2.05) is 12.3 Å². The van der Waals surface area contributed by atoms with Gasteiger partial charge in [-0.25, -0.2) is 4.98 Å². The molecule has 4 aromatic carbocycles.